The standard InChI is InChI=1S/C13H16N2O4/c16-12(17)11-7-4-8-15(14-11)13(18)19-9-10-5-2-1-3-6-10/h1-3,5-6,11,14H,4,7-9H2,(H,16,17)/t11-/m1/s1. The highest BCUT2D eigenvalue weighted by molar-refractivity contribution is 5.75. The lowest BCUT2D eigenvalue weighted by Crippen LogP contribution is -2.55. The molecular formula is C13H16N2O4. The Kier molecular flexibility index (Phi) is 4.35. The zero-order valence-corrected chi connectivity index (χ0v) is 10.4. The number of rotatable bonds is 3. The Balaban J connectivity index is 1.84. The van der Waals surface area contributed by atoms with Crippen molar-refractivity contribution in [2.45, 2.75) is 25.5 Å². The van der Waals surface area contributed by atoms with Crippen molar-refractivity contribution in [3.63, 3.8) is 0 Å². The zero-order chi connectivity index (χ0) is 13.7. The Labute approximate surface area is 110 Å². The lowest BCUT2D eigenvalue weighted by molar-refractivity contribution is -0.142. The fourth-order valence-electron chi connectivity index (χ4n) is 1.89. The van der Waals surface area contributed by atoms with Gasteiger partial charge in [0.15, 0.2) is 0 Å². The van der Waals surface area contributed by atoms with Crippen molar-refractivity contribution < 1.29 is 19.4 Å². The number of hydrogen-bond acceptors (Lipinski definition) is 4. The fraction of sp³-hybridized carbons (Fsp3) is 0.385. The maximum Gasteiger partial charge on any atom is 0.424 e. The average Bonchev–Trinajstić information content (AvgIpc) is 2.46. The van der Waals surface area contributed by atoms with Gasteiger partial charge in [0.1, 0.15) is 12.6 Å². The summed E-state index contributed by atoms with van der Waals surface area (Å²) in [5.41, 5.74) is 3.54. The molecule has 1 aromatic carbocycles. The normalized spacial score (nSPS) is 18.9. The molecule has 102 valence electrons. The predicted molar refractivity (Wildman–Crippen MR) is 67.1 cm³/mol. The molecular weight excluding hydrogens is 248 g/mol. The monoisotopic (exact) mass is 264 g/mol. The van der Waals surface area contributed by atoms with Crippen LogP contribution in [0.3, 0.4) is 0 Å². The lowest BCUT2D eigenvalue weighted by Gasteiger charge is -2.30. The van der Waals surface area contributed by atoms with Gasteiger partial charge in [0.05, 0.1) is 0 Å². The highest BCUT2D eigenvalue weighted by atomic mass is 16.6. The van der Waals surface area contributed by atoms with Crippen LogP contribution in [0.25, 0.3) is 0 Å². The summed E-state index contributed by atoms with van der Waals surface area (Å²) in [6.07, 6.45) is 0.608. The Morgan fingerprint density at radius 1 is 1.37 bits per heavy atom. The molecule has 0 aromatic heterocycles. The summed E-state index contributed by atoms with van der Waals surface area (Å²) in [6.45, 7) is 0.632. The number of hydrogen-bond donors (Lipinski definition) is 2. The van der Waals surface area contributed by atoms with E-state index in [0.717, 1.165) is 5.56 Å². The Bertz CT molecular complexity index is 449. The number of benzene rings is 1. The van der Waals surface area contributed by atoms with Crippen molar-refractivity contribution in [1.29, 1.82) is 0 Å². The van der Waals surface area contributed by atoms with Crippen LogP contribution in [0.1, 0.15) is 18.4 Å². The van der Waals surface area contributed by atoms with Crippen LogP contribution >= 0.6 is 0 Å². The molecule has 19 heavy (non-hydrogen) atoms. The van der Waals surface area contributed by atoms with Gasteiger partial charge in [0.25, 0.3) is 0 Å². The second-order valence-electron chi connectivity index (χ2n) is 4.35. The molecule has 1 aliphatic rings. The van der Waals surface area contributed by atoms with Crippen molar-refractivity contribution in [3.8, 4) is 0 Å². The quantitative estimate of drug-likeness (QED) is 0.862. The van der Waals surface area contributed by atoms with E-state index >= 15 is 0 Å². The molecule has 0 radical (unpaired) electrons. The minimum atomic E-state index is -0.958. The largest absolute Gasteiger partial charge is 0.480 e. The van der Waals surface area contributed by atoms with E-state index < -0.39 is 18.1 Å². The maximum atomic E-state index is 11.8. The van der Waals surface area contributed by atoms with Gasteiger partial charge in [-0.05, 0) is 18.4 Å². The molecule has 1 aromatic rings. The first kappa shape index (κ1) is 13.4. The molecule has 1 fully saturated rings. The van der Waals surface area contributed by atoms with Crippen molar-refractivity contribution >= 4 is 12.1 Å². The third-order valence-corrected chi connectivity index (χ3v) is 2.91. The van der Waals surface area contributed by atoms with Crippen molar-refractivity contribution in [1.82, 2.24) is 10.4 Å². The highest BCUT2D eigenvalue weighted by Crippen LogP contribution is 2.09. The number of carbonyl (C=O) groups is 2. The van der Waals surface area contributed by atoms with Gasteiger partial charge in [-0.3, -0.25) is 4.79 Å². The first-order chi connectivity index (χ1) is 9.16. The first-order valence-electron chi connectivity index (χ1n) is 6.14. The van der Waals surface area contributed by atoms with E-state index in [1.807, 2.05) is 30.3 Å². The number of carboxylic acids is 1. The first-order valence-corrected chi connectivity index (χ1v) is 6.14. The van der Waals surface area contributed by atoms with Crippen molar-refractivity contribution in [3.05, 3.63) is 35.9 Å². The third-order valence-electron chi connectivity index (χ3n) is 2.91. The van der Waals surface area contributed by atoms with Crippen LogP contribution in [-0.4, -0.2) is 34.8 Å². The number of nitrogens with zero attached hydrogens (tertiary/aromatic N) is 1. The predicted octanol–water partition coefficient (Wildman–Crippen LogP) is 1.38. The molecule has 1 amide bonds. The second kappa shape index (κ2) is 6.19. The van der Waals surface area contributed by atoms with Gasteiger partial charge in [-0.2, -0.15) is 0 Å². The summed E-state index contributed by atoms with van der Waals surface area (Å²) in [7, 11) is 0. The number of hydrazine groups is 1. The molecule has 6 nitrogen and oxygen atoms in total. The van der Waals surface area contributed by atoms with E-state index in [2.05, 4.69) is 5.43 Å². The molecule has 1 saturated heterocycles. The van der Waals surface area contributed by atoms with Gasteiger partial charge in [0, 0.05) is 6.54 Å². The number of nitrogens with one attached hydrogen (secondary N) is 1. The van der Waals surface area contributed by atoms with Crippen LogP contribution in [0.15, 0.2) is 30.3 Å². The zero-order valence-electron chi connectivity index (χ0n) is 10.4. The van der Waals surface area contributed by atoms with E-state index in [0.29, 0.717) is 19.4 Å². The molecule has 2 rings (SSSR count). The lowest BCUT2D eigenvalue weighted by atomic mass is 10.1. The van der Waals surface area contributed by atoms with Gasteiger partial charge < -0.3 is 9.84 Å². The van der Waals surface area contributed by atoms with Crippen LogP contribution in [0.2, 0.25) is 0 Å². The second-order valence-corrected chi connectivity index (χ2v) is 4.35. The van der Waals surface area contributed by atoms with Gasteiger partial charge >= 0.3 is 12.1 Å². The molecule has 0 unspecified atom stereocenters. The van der Waals surface area contributed by atoms with E-state index in [9.17, 15) is 9.59 Å². The van der Waals surface area contributed by atoms with E-state index in [4.69, 9.17) is 9.84 Å². The minimum Gasteiger partial charge on any atom is -0.480 e. The highest BCUT2D eigenvalue weighted by Gasteiger charge is 2.28. The van der Waals surface area contributed by atoms with E-state index in [-0.39, 0.29) is 6.61 Å². The SMILES string of the molecule is O=C(O)[C@H]1CCCN(C(=O)OCc2ccccc2)N1. The molecule has 0 aliphatic carbocycles. The van der Waals surface area contributed by atoms with E-state index in [1.54, 1.807) is 0 Å². The number of ether oxygens (including phenoxy) is 1. The molecule has 0 bridgehead atoms. The Morgan fingerprint density at radius 3 is 2.79 bits per heavy atom. The summed E-state index contributed by atoms with van der Waals surface area (Å²) >= 11 is 0. The van der Waals surface area contributed by atoms with Gasteiger partial charge in [-0.1, -0.05) is 30.3 Å². The Hall–Kier alpha value is -2.08. The van der Waals surface area contributed by atoms with Crippen LogP contribution in [0, 0.1) is 0 Å². The van der Waals surface area contributed by atoms with Crippen LogP contribution in [0.5, 0.6) is 0 Å². The van der Waals surface area contributed by atoms with Crippen LogP contribution in [-0.2, 0) is 16.1 Å². The molecule has 2 N–H and O–H groups in total. The van der Waals surface area contributed by atoms with Crippen LogP contribution in [0.4, 0.5) is 4.79 Å². The van der Waals surface area contributed by atoms with Gasteiger partial charge in [-0.25, -0.2) is 15.2 Å². The molecule has 1 atom stereocenters. The summed E-state index contributed by atoms with van der Waals surface area (Å²) in [5.74, 6) is -0.958. The Morgan fingerprint density at radius 2 is 2.11 bits per heavy atom. The molecule has 0 spiro atoms. The summed E-state index contributed by atoms with van der Waals surface area (Å²) in [4.78, 5) is 22.6. The smallest absolute Gasteiger partial charge is 0.424 e. The van der Waals surface area contributed by atoms with Crippen molar-refractivity contribution in [2.75, 3.05) is 6.54 Å². The molecule has 0 saturated carbocycles. The van der Waals surface area contributed by atoms with E-state index in [1.165, 1.54) is 5.01 Å². The van der Waals surface area contributed by atoms with Crippen LogP contribution < -0.4 is 5.43 Å². The van der Waals surface area contributed by atoms with Gasteiger partial charge in [-0.15, -0.1) is 0 Å². The maximum absolute atomic E-state index is 11.8. The fourth-order valence-corrected chi connectivity index (χ4v) is 1.89. The number of carboxylic acid groups (broad SMARTS) is 1. The van der Waals surface area contributed by atoms with Gasteiger partial charge in [0.2, 0.25) is 0 Å². The topological polar surface area (TPSA) is 78.9 Å². The molecule has 6 heteroatoms. The summed E-state index contributed by atoms with van der Waals surface area (Å²) < 4.78 is 5.13. The minimum absolute atomic E-state index is 0.176. The van der Waals surface area contributed by atoms with Crippen molar-refractivity contribution in [2.24, 2.45) is 0 Å². The molecule has 1 aliphatic heterocycles. The number of carbonyl (C=O) groups excluding carboxylic acids is 1. The third kappa shape index (κ3) is 3.69. The molecule has 1 heterocycles. The number of amides is 1. The average molecular weight is 264 g/mol. The number of aliphatic carboxylic acids is 1. The summed E-state index contributed by atoms with van der Waals surface area (Å²) in [6, 6.07) is 8.60. The summed E-state index contributed by atoms with van der Waals surface area (Å²) in [5, 5.41) is 10.1.